The average molecular weight is 208 g/mol. The maximum atomic E-state index is 10.9. The summed E-state index contributed by atoms with van der Waals surface area (Å²) in [4.78, 5) is 10.9. The summed E-state index contributed by atoms with van der Waals surface area (Å²) in [5, 5.41) is 0. The van der Waals surface area contributed by atoms with Crippen LogP contribution in [0.4, 0.5) is 0 Å². The van der Waals surface area contributed by atoms with Gasteiger partial charge in [0.05, 0.1) is 0 Å². The molecule has 0 fully saturated rings. The zero-order chi connectivity index (χ0) is 11.7. The molecule has 0 aliphatic carbocycles. The summed E-state index contributed by atoms with van der Waals surface area (Å²) in [7, 11) is 0. The molecule has 0 N–H and O–H groups in total. The van der Waals surface area contributed by atoms with Gasteiger partial charge in [-0.05, 0) is 32.1 Å². The van der Waals surface area contributed by atoms with Crippen LogP contribution in [0.3, 0.4) is 0 Å². The van der Waals surface area contributed by atoms with Gasteiger partial charge < -0.3 is 4.79 Å². The molecule has 0 radical (unpaired) electrons. The molecule has 0 amide bonds. The van der Waals surface area contributed by atoms with Gasteiger partial charge in [0.2, 0.25) is 0 Å². The zero-order valence-corrected chi connectivity index (χ0v) is 10.4. The van der Waals surface area contributed by atoms with Gasteiger partial charge >= 0.3 is 0 Å². The van der Waals surface area contributed by atoms with E-state index in [1.54, 1.807) is 6.92 Å². The van der Waals surface area contributed by atoms with Crippen LogP contribution < -0.4 is 0 Å². The van der Waals surface area contributed by atoms with E-state index in [9.17, 15) is 4.79 Å². The van der Waals surface area contributed by atoms with Gasteiger partial charge in [0.1, 0.15) is 5.78 Å². The van der Waals surface area contributed by atoms with Crippen LogP contribution in [0.2, 0.25) is 0 Å². The molecular weight excluding hydrogens is 184 g/mol. The van der Waals surface area contributed by atoms with Crippen molar-refractivity contribution in [3.63, 3.8) is 0 Å². The number of hydrogen-bond acceptors (Lipinski definition) is 1. The third-order valence-corrected chi connectivity index (χ3v) is 2.53. The molecule has 0 rings (SSSR count). The Labute approximate surface area is 94.3 Å². The van der Waals surface area contributed by atoms with Gasteiger partial charge in [-0.15, -0.1) is 0 Å². The number of carbonyl (C=O) groups is 1. The Hall–Kier alpha value is -0.850. The number of Topliss-reactive ketones (excluding diaryl/α,β-unsaturated/α-hetero) is 1. The lowest BCUT2D eigenvalue weighted by Crippen LogP contribution is -2.02. The van der Waals surface area contributed by atoms with Crippen molar-refractivity contribution >= 4 is 5.78 Å². The second kappa shape index (κ2) is 8.46. The fraction of sp³-hybridized carbons (Fsp3) is 0.643. The van der Waals surface area contributed by atoms with Crippen molar-refractivity contribution in [1.82, 2.24) is 0 Å². The van der Waals surface area contributed by atoms with E-state index in [0.29, 0.717) is 12.3 Å². The highest BCUT2D eigenvalue weighted by Gasteiger charge is 2.08. The highest BCUT2D eigenvalue weighted by Crippen LogP contribution is 2.21. The third-order valence-electron chi connectivity index (χ3n) is 2.53. The van der Waals surface area contributed by atoms with Gasteiger partial charge in [-0.3, -0.25) is 0 Å². The molecule has 1 heteroatoms. The van der Waals surface area contributed by atoms with E-state index in [1.807, 2.05) is 0 Å². The maximum Gasteiger partial charge on any atom is 0.130 e. The highest BCUT2D eigenvalue weighted by molar-refractivity contribution is 5.75. The normalized spacial score (nSPS) is 13.0. The lowest BCUT2D eigenvalue weighted by atomic mass is 9.91. The summed E-state index contributed by atoms with van der Waals surface area (Å²) in [6.45, 7) is 10.1. The minimum Gasteiger partial charge on any atom is -0.300 e. The Bertz CT molecular complexity index is 225. The second-order valence-corrected chi connectivity index (χ2v) is 4.09. The molecule has 0 aromatic carbocycles. The predicted molar refractivity (Wildman–Crippen MR) is 66.9 cm³/mol. The third kappa shape index (κ3) is 7.12. The zero-order valence-electron chi connectivity index (χ0n) is 10.4. The quantitative estimate of drug-likeness (QED) is 0.544. The average Bonchev–Trinajstić information content (AvgIpc) is 2.20. The molecule has 0 aromatic rings. The van der Waals surface area contributed by atoms with Crippen LogP contribution in [-0.2, 0) is 4.79 Å². The monoisotopic (exact) mass is 208 g/mol. The first kappa shape index (κ1) is 14.2. The SMILES string of the molecule is C=C(CCC(C)=O)C(/C=C/CC)CCC. The molecule has 1 atom stereocenters. The molecule has 0 heterocycles. The Morgan fingerprint density at radius 2 is 2.00 bits per heavy atom. The first-order valence-corrected chi connectivity index (χ1v) is 5.95. The summed E-state index contributed by atoms with van der Waals surface area (Å²) in [5.41, 5.74) is 1.21. The van der Waals surface area contributed by atoms with Crippen molar-refractivity contribution in [2.24, 2.45) is 5.92 Å². The largest absolute Gasteiger partial charge is 0.300 e. The molecule has 0 spiro atoms. The van der Waals surface area contributed by atoms with E-state index < -0.39 is 0 Å². The van der Waals surface area contributed by atoms with Crippen molar-refractivity contribution in [1.29, 1.82) is 0 Å². The van der Waals surface area contributed by atoms with Crippen LogP contribution in [0, 0.1) is 5.92 Å². The number of carbonyl (C=O) groups excluding carboxylic acids is 1. The van der Waals surface area contributed by atoms with Crippen molar-refractivity contribution < 1.29 is 4.79 Å². The van der Waals surface area contributed by atoms with E-state index in [0.717, 1.165) is 25.7 Å². The minimum absolute atomic E-state index is 0.255. The molecule has 0 aliphatic heterocycles. The maximum absolute atomic E-state index is 10.9. The Morgan fingerprint density at radius 3 is 2.47 bits per heavy atom. The van der Waals surface area contributed by atoms with Crippen LogP contribution in [0.15, 0.2) is 24.3 Å². The van der Waals surface area contributed by atoms with Gasteiger partial charge in [0.25, 0.3) is 0 Å². The summed E-state index contributed by atoms with van der Waals surface area (Å²) in [6, 6.07) is 0. The van der Waals surface area contributed by atoms with Gasteiger partial charge in [0.15, 0.2) is 0 Å². The standard InChI is InChI=1S/C14H24O/c1-5-7-9-14(8-6-2)12(3)10-11-13(4)15/h7,9,14H,3,5-6,8,10-11H2,1-2,4H3/b9-7+. The fourth-order valence-electron chi connectivity index (χ4n) is 1.57. The van der Waals surface area contributed by atoms with Crippen LogP contribution in [0.1, 0.15) is 52.9 Å². The van der Waals surface area contributed by atoms with Crippen molar-refractivity contribution in [2.75, 3.05) is 0 Å². The van der Waals surface area contributed by atoms with Crippen molar-refractivity contribution in [3.8, 4) is 0 Å². The van der Waals surface area contributed by atoms with Crippen LogP contribution in [0.25, 0.3) is 0 Å². The fourth-order valence-corrected chi connectivity index (χ4v) is 1.57. The molecule has 1 nitrogen and oxygen atoms in total. The van der Waals surface area contributed by atoms with Gasteiger partial charge in [0, 0.05) is 6.42 Å². The Balaban J connectivity index is 4.15. The smallest absolute Gasteiger partial charge is 0.130 e. The first-order chi connectivity index (χ1) is 7.11. The predicted octanol–water partition coefficient (Wildman–Crippen LogP) is 4.29. The molecule has 15 heavy (non-hydrogen) atoms. The van der Waals surface area contributed by atoms with E-state index in [-0.39, 0.29) is 5.78 Å². The Morgan fingerprint density at radius 1 is 1.33 bits per heavy atom. The van der Waals surface area contributed by atoms with E-state index in [4.69, 9.17) is 0 Å². The summed E-state index contributed by atoms with van der Waals surface area (Å²) >= 11 is 0. The molecule has 0 bridgehead atoms. The lowest BCUT2D eigenvalue weighted by molar-refractivity contribution is -0.116. The van der Waals surface area contributed by atoms with Crippen LogP contribution in [-0.4, -0.2) is 5.78 Å². The molecule has 0 aromatic heterocycles. The van der Waals surface area contributed by atoms with Gasteiger partial charge in [-0.2, -0.15) is 0 Å². The van der Waals surface area contributed by atoms with E-state index in [1.165, 1.54) is 5.57 Å². The van der Waals surface area contributed by atoms with Gasteiger partial charge in [-0.25, -0.2) is 0 Å². The summed E-state index contributed by atoms with van der Waals surface area (Å²) in [5.74, 6) is 0.722. The molecule has 0 aliphatic rings. The molecule has 1 unspecified atom stereocenters. The topological polar surface area (TPSA) is 17.1 Å². The molecule has 86 valence electrons. The summed E-state index contributed by atoms with van der Waals surface area (Å²) in [6.07, 6.45) is 9.30. The van der Waals surface area contributed by atoms with Crippen molar-refractivity contribution in [3.05, 3.63) is 24.3 Å². The van der Waals surface area contributed by atoms with Crippen molar-refractivity contribution in [2.45, 2.75) is 52.9 Å². The molecular formula is C14H24O. The summed E-state index contributed by atoms with van der Waals surface area (Å²) < 4.78 is 0. The number of hydrogen-bond donors (Lipinski definition) is 0. The number of ketones is 1. The number of allylic oxidation sites excluding steroid dienone is 3. The lowest BCUT2D eigenvalue weighted by Gasteiger charge is -2.14. The highest BCUT2D eigenvalue weighted by atomic mass is 16.1. The minimum atomic E-state index is 0.255. The molecule has 0 saturated carbocycles. The van der Waals surface area contributed by atoms with Crippen LogP contribution in [0.5, 0.6) is 0 Å². The van der Waals surface area contributed by atoms with Gasteiger partial charge in [-0.1, -0.05) is 44.6 Å². The van der Waals surface area contributed by atoms with E-state index >= 15 is 0 Å². The molecule has 0 saturated heterocycles. The first-order valence-electron chi connectivity index (χ1n) is 5.95. The van der Waals surface area contributed by atoms with E-state index in [2.05, 4.69) is 32.6 Å². The Kier molecular flexibility index (Phi) is 7.98. The number of rotatable bonds is 8. The second-order valence-electron chi connectivity index (χ2n) is 4.09. The van der Waals surface area contributed by atoms with Crippen LogP contribution >= 0.6 is 0 Å².